The molecule has 0 atom stereocenters. The van der Waals surface area contributed by atoms with Crippen LogP contribution >= 0.6 is 11.6 Å². The van der Waals surface area contributed by atoms with E-state index in [1.807, 2.05) is 6.92 Å². The van der Waals surface area contributed by atoms with Crippen molar-refractivity contribution in [3.05, 3.63) is 101 Å². The first-order valence-corrected chi connectivity index (χ1v) is 11.6. The van der Waals surface area contributed by atoms with Crippen molar-refractivity contribution in [3.63, 3.8) is 0 Å². The van der Waals surface area contributed by atoms with E-state index in [1.54, 1.807) is 72.8 Å². The van der Waals surface area contributed by atoms with Crippen LogP contribution in [0.4, 0.5) is 17.1 Å². The lowest BCUT2D eigenvalue weighted by Crippen LogP contribution is -2.32. The molecule has 0 saturated carbocycles. The van der Waals surface area contributed by atoms with Crippen LogP contribution in [0.2, 0.25) is 0 Å². The molecule has 1 aliphatic rings. The lowest BCUT2D eigenvalue weighted by atomic mass is 10.1. The third kappa shape index (κ3) is 5.29. The topological polar surface area (TPSA) is 105 Å². The summed E-state index contributed by atoms with van der Waals surface area (Å²) in [6, 6.07) is 21.2. The number of carbonyl (C=O) groups is 4. The molecule has 0 bridgehead atoms. The highest BCUT2D eigenvalue weighted by Crippen LogP contribution is 2.30. The molecule has 2 N–H and O–H groups in total. The Morgan fingerprint density at radius 2 is 1.58 bits per heavy atom. The van der Waals surface area contributed by atoms with Gasteiger partial charge in [0.2, 0.25) is 0 Å². The smallest absolute Gasteiger partial charge is 0.338 e. The van der Waals surface area contributed by atoms with Crippen molar-refractivity contribution in [2.45, 2.75) is 13.3 Å². The maximum absolute atomic E-state index is 12.9. The monoisotopic (exact) mass is 503 g/mol. The Kier molecular flexibility index (Phi) is 7.46. The first kappa shape index (κ1) is 24.7. The summed E-state index contributed by atoms with van der Waals surface area (Å²) in [5, 5.41) is 5.39. The fourth-order valence-corrected chi connectivity index (χ4v) is 3.69. The summed E-state index contributed by atoms with van der Waals surface area (Å²) in [7, 11) is 0. The Morgan fingerprint density at radius 3 is 2.28 bits per heavy atom. The normalized spacial score (nSPS) is 13.1. The summed E-state index contributed by atoms with van der Waals surface area (Å²) in [6.07, 6.45) is 0.729. The number of halogens is 1. The number of benzene rings is 3. The molecule has 0 aliphatic carbocycles. The van der Waals surface area contributed by atoms with Gasteiger partial charge in [-0.05, 0) is 61.0 Å². The molecule has 0 unspecified atom stereocenters. The number of imide groups is 1. The fourth-order valence-electron chi connectivity index (χ4n) is 3.48. The minimum Gasteiger partial charge on any atom is -0.462 e. The van der Waals surface area contributed by atoms with Gasteiger partial charge in [-0.25, -0.2) is 9.69 Å². The largest absolute Gasteiger partial charge is 0.462 e. The highest BCUT2D eigenvalue weighted by Gasteiger charge is 2.38. The highest BCUT2D eigenvalue weighted by atomic mass is 35.5. The van der Waals surface area contributed by atoms with E-state index in [2.05, 4.69) is 10.6 Å². The van der Waals surface area contributed by atoms with Crippen molar-refractivity contribution in [1.82, 2.24) is 0 Å². The number of anilines is 3. The van der Waals surface area contributed by atoms with Gasteiger partial charge in [0.05, 0.1) is 17.9 Å². The van der Waals surface area contributed by atoms with Crippen molar-refractivity contribution in [3.8, 4) is 0 Å². The van der Waals surface area contributed by atoms with E-state index >= 15 is 0 Å². The van der Waals surface area contributed by atoms with Gasteiger partial charge in [0.25, 0.3) is 17.7 Å². The molecular formula is C27H22ClN3O5. The Morgan fingerprint density at radius 1 is 0.861 bits per heavy atom. The molecule has 0 radical (unpaired) electrons. The maximum Gasteiger partial charge on any atom is 0.338 e. The molecule has 8 nitrogen and oxygen atoms in total. The van der Waals surface area contributed by atoms with Crippen molar-refractivity contribution < 1.29 is 23.9 Å². The standard InChI is InChI=1S/C27H22ClN3O5/c1-2-15-36-27(35)17-11-13-19(14-12-17)30-24(32)18-7-6-8-20(16-18)29-23-22(28)25(33)31(26(23)34)21-9-4-3-5-10-21/h3-14,16,29H,2,15H2,1H3,(H,30,32). The van der Waals surface area contributed by atoms with Crippen LogP contribution in [0.3, 0.4) is 0 Å². The van der Waals surface area contributed by atoms with E-state index in [0.29, 0.717) is 34.8 Å². The first-order valence-electron chi connectivity index (χ1n) is 11.2. The molecule has 4 rings (SSSR count). The van der Waals surface area contributed by atoms with Crippen LogP contribution in [-0.4, -0.2) is 30.3 Å². The second-order valence-electron chi connectivity index (χ2n) is 7.84. The van der Waals surface area contributed by atoms with Gasteiger partial charge in [0.1, 0.15) is 10.7 Å². The molecule has 0 aromatic heterocycles. The number of amides is 3. The van der Waals surface area contributed by atoms with Gasteiger partial charge in [0.15, 0.2) is 0 Å². The van der Waals surface area contributed by atoms with Crippen molar-refractivity contribution in [2.24, 2.45) is 0 Å². The summed E-state index contributed by atoms with van der Waals surface area (Å²) in [5.74, 6) is -2.05. The van der Waals surface area contributed by atoms with E-state index in [4.69, 9.17) is 16.3 Å². The number of carbonyl (C=O) groups excluding carboxylic acids is 4. The van der Waals surface area contributed by atoms with Crippen molar-refractivity contribution >= 4 is 52.4 Å². The SMILES string of the molecule is CCCOC(=O)c1ccc(NC(=O)c2cccc(NC3=C(Cl)C(=O)N(c4ccccc4)C3=O)c2)cc1. The van der Waals surface area contributed by atoms with Gasteiger partial charge in [-0.1, -0.05) is 42.8 Å². The summed E-state index contributed by atoms with van der Waals surface area (Å²) in [5.41, 5.74) is 1.92. The lowest BCUT2D eigenvalue weighted by molar-refractivity contribution is -0.120. The molecule has 3 aromatic carbocycles. The van der Waals surface area contributed by atoms with E-state index in [0.717, 1.165) is 11.3 Å². The molecule has 0 fully saturated rings. The number of rotatable bonds is 8. The third-order valence-electron chi connectivity index (χ3n) is 5.25. The summed E-state index contributed by atoms with van der Waals surface area (Å²) < 4.78 is 5.09. The van der Waals surface area contributed by atoms with Crippen LogP contribution in [0, 0.1) is 0 Å². The third-order valence-corrected chi connectivity index (χ3v) is 5.60. The number of ether oxygens (including phenoxy) is 1. The number of hydrogen-bond donors (Lipinski definition) is 2. The highest BCUT2D eigenvalue weighted by molar-refractivity contribution is 6.53. The Labute approximate surface area is 212 Å². The zero-order chi connectivity index (χ0) is 25.7. The van der Waals surface area contributed by atoms with Crippen LogP contribution < -0.4 is 15.5 Å². The van der Waals surface area contributed by atoms with Gasteiger partial charge >= 0.3 is 5.97 Å². The maximum atomic E-state index is 12.9. The molecule has 3 aromatic rings. The quantitative estimate of drug-likeness (QED) is 0.333. The predicted molar refractivity (Wildman–Crippen MR) is 137 cm³/mol. The second-order valence-corrected chi connectivity index (χ2v) is 8.22. The summed E-state index contributed by atoms with van der Waals surface area (Å²) >= 11 is 6.18. The van der Waals surface area contributed by atoms with Gasteiger partial charge in [-0.15, -0.1) is 0 Å². The molecule has 1 heterocycles. The lowest BCUT2D eigenvalue weighted by Gasteiger charge is -2.15. The summed E-state index contributed by atoms with van der Waals surface area (Å²) in [6.45, 7) is 2.25. The van der Waals surface area contributed by atoms with Crippen molar-refractivity contribution in [2.75, 3.05) is 22.1 Å². The Bertz CT molecular complexity index is 1350. The minimum atomic E-state index is -0.633. The molecule has 9 heteroatoms. The molecular weight excluding hydrogens is 482 g/mol. The zero-order valence-corrected chi connectivity index (χ0v) is 20.0. The average Bonchev–Trinajstić information content (AvgIpc) is 3.11. The van der Waals surface area contributed by atoms with Crippen LogP contribution in [-0.2, 0) is 14.3 Å². The number of hydrogen-bond acceptors (Lipinski definition) is 6. The van der Waals surface area contributed by atoms with E-state index < -0.39 is 23.7 Å². The van der Waals surface area contributed by atoms with Crippen LogP contribution in [0.15, 0.2) is 89.6 Å². The van der Waals surface area contributed by atoms with E-state index in [1.165, 1.54) is 6.07 Å². The number of esters is 1. The first-order chi connectivity index (χ1) is 17.4. The van der Waals surface area contributed by atoms with Gasteiger partial charge in [0, 0.05) is 16.9 Å². The average molecular weight is 504 g/mol. The van der Waals surface area contributed by atoms with Crippen LogP contribution in [0.25, 0.3) is 0 Å². The second kappa shape index (κ2) is 10.9. The van der Waals surface area contributed by atoms with Gasteiger partial charge in [-0.2, -0.15) is 0 Å². The number of para-hydroxylation sites is 1. The van der Waals surface area contributed by atoms with Crippen molar-refractivity contribution in [1.29, 1.82) is 0 Å². The van der Waals surface area contributed by atoms with E-state index in [9.17, 15) is 19.2 Å². The molecule has 182 valence electrons. The number of nitrogens with zero attached hydrogens (tertiary/aromatic N) is 1. The molecule has 36 heavy (non-hydrogen) atoms. The number of nitrogens with one attached hydrogen (secondary N) is 2. The van der Waals surface area contributed by atoms with E-state index in [-0.39, 0.29) is 10.7 Å². The fraction of sp³-hybridized carbons (Fsp3) is 0.111. The summed E-state index contributed by atoms with van der Waals surface area (Å²) in [4.78, 5) is 51.2. The Hall–Kier alpha value is -4.43. The molecule has 0 saturated heterocycles. The van der Waals surface area contributed by atoms with Gasteiger partial charge < -0.3 is 15.4 Å². The molecule has 3 amide bonds. The van der Waals surface area contributed by atoms with Gasteiger partial charge in [-0.3, -0.25) is 14.4 Å². The zero-order valence-electron chi connectivity index (χ0n) is 19.3. The van der Waals surface area contributed by atoms with Crippen LogP contribution in [0.5, 0.6) is 0 Å². The minimum absolute atomic E-state index is 0.0753. The molecule has 1 aliphatic heterocycles. The molecule has 0 spiro atoms. The van der Waals surface area contributed by atoms with Crippen LogP contribution in [0.1, 0.15) is 34.1 Å². The predicted octanol–water partition coefficient (Wildman–Crippen LogP) is 4.94. The Balaban J connectivity index is 1.45.